The maximum Gasteiger partial charge on any atom is 0.123 e. The van der Waals surface area contributed by atoms with Gasteiger partial charge in [0, 0.05) is 19.2 Å². The highest BCUT2D eigenvalue weighted by Gasteiger charge is 2.11. The molecular formula is C15H25FN2O. The van der Waals surface area contributed by atoms with Gasteiger partial charge >= 0.3 is 0 Å². The van der Waals surface area contributed by atoms with Crippen LogP contribution in [0.4, 0.5) is 4.39 Å². The van der Waals surface area contributed by atoms with Crippen LogP contribution in [0.1, 0.15) is 31.4 Å². The van der Waals surface area contributed by atoms with Gasteiger partial charge in [-0.15, -0.1) is 0 Å². The number of rotatable bonds is 9. The van der Waals surface area contributed by atoms with Crippen molar-refractivity contribution < 1.29 is 9.50 Å². The van der Waals surface area contributed by atoms with Gasteiger partial charge in [0.2, 0.25) is 0 Å². The molecule has 0 fully saturated rings. The smallest absolute Gasteiger partial charge is 0.123 e. The molecule has 19 heavy (non-hydrogen) atoms. The molecule has 1 atom stereocenters. The van der Waals surface area contributed by atoms with Crippen LogP contribution in [0.5, 0.6) is 0 Å². The van der Waals surface area contributed by atoms with Gasteiger partial charge in [0.05, 0.1) is 0 Å². The van der Waals surface area contributed by atoms with Gasteiger partial charge in [-0.25, -0.2) is 4.39 Å². The molecule has 0 spiro atoms. The second-order valence-electron chi connectivity index (χ2n) is 4.70. The van der Waals surface area contributed by atoms with E-state index < -0.39 is 0 Å². The highest BCUT2D eigenvalue weighted by atomic mass is 19.1. The lowest BCUT2D eigenvalue weighted by atomic mass is 10.0. The molecule has 0 saturated carbocycles. The molecule has 4 heteroatoms. The summed E-state index contributed by atoms with van der Waals surface area (Å²) in [5, 5.41) is 12.1. The Kier molecular flexibility index (Phi) is 7.63. The molecule has 0 heterocycles. The van der Waals surface area contributed by atoms with Gasteiger partial charge in [0.25, 0.3) is 0 Å². The van der Waals surface area contributed by atoms with E-state index in [4.69, 9.17) is 5.11 Å². The largest absolute Gasteiger partial charge is 0.396 e. The number of halogens is 1. The van der Waals surface area contributed by atoms with Crippen molar-refractivity contribution in [1.82, 2.24) is 10.2 Å². The topological polar surface area (TPSA) is 35.5 Å². The molecule has 1 unspecified atom stereocenters. The Hall–Kier alpha value is -0.970. The van der Waals surface area contributed by atoms with Crippen molar-refractivity contribution in [3.8, 4) is 0 Å². The van der Waals surface area contributed by atoms with Gasteiger partial charge in [-0.1, -0.05) is 19.1 Å². The zero-order valence-electron chi connectivity index (χ0n) is 11.9. The third-order valence-corrected chi connectivity index (χ3v) is 3.41. The fraction of sp³-hybridized carbons (Fsp3) is 0.600. The quantitative estimate of drug-likeness (QED) is 0.720. The van der Waals surface area contributed by atoms with Gasteiger partial charge in [-0.3, -0.25) is 0 Å². The Morgan fingerprint density at radius 2 is 2.16 bits per heavy atom. The fourth-order valence-corrected chi connectivity index (χ4v) is 2.24. The van der Waals surface area contributed by atoms with Gasteiger partial charge in [0.15, 0.2) is 0 Å². The lowest BCUT2D eigenvalue weighted by Crippen LogP contribution is -2.29. The monoisotopic (exact) mass is 268 g/mol. The van der Waals surface area contributed by atoms with Crippen molar-refractivity contribution >= 4 is 0 Å². The summed E-state index contributed by atoms with van der Waals surface area (Å²) in [6, 6.07) is 6.92. The standard InChI is InChI=1S/C15H25FN2O/c1-3-18(9-5-11-19)10-8-15(17-2)13-6-4-7-14(16)12-13/h4,6-7,12,15,17,19H,3,5,8-11H2,1-2H3. The summed E-state index contributed by atoms with van der Waals surface area (Å²) in [4.78, 5) is 2.31. The van der Waals surface area contributed by atoms with Crippen molar-refractivity contribution in [3.05, 3.63) is 35.6 Å². The lowest BCUT2D eigenvalue weighted by Gasteiger charge is -2.24. The summed E-state index contributed by atoms with van der Waals surface area (Å²) in [5.74, 6) is -0.189. The molecule has 0 amide bonds. The summed E-state index contributed by atoms with van der Waals surface area (Å²) in [6.07, 6.45) is 1.73. The Morgan fingerprint density at radius 3 is 2.74 bits per heavy atom. The van der Waals surface area contributed by atoms with Gasteiger partial charge in [-0.05, 0) is 50.7 Å². The molecule has 1 aromatic rings. The van der Waals surface area contributed by atoms with Crippen LogP contribution >= 0.6 is 0 Å². The zero-order chi connectivity index (χ0) is 14.1. The molecule has 3 nitrogen and oxygen atoms in total. The summed E-state index contributed by atoms with van der Waals surface area (Å²) in [7, 11) is 1.90. The molecular weight excluding hydrogens is 243 g/mol. The Labute approximate surface area is 115 Å². The van der Waals surface area contributed by atoms with E-state index in [1.54, 1.807) is 12.1 Å². The van der Waals surface area contributed by atoms with Crippen LogP contribution in [0.25, 0.3) is 0 Å². The zero-order valence-corrected chi connectivity index (χ0v) is 11.9. The van der Waals surface area contributed by atoms with Crippen LogP contribution in [0, 0.1) is 5.82 Å². The molecule has 0 radical (unpaired) electrons. The number of nitrogens with zero attached hydrogens (tertiary/aromatic N) is 1. The molecule has 1 aromatic carbocycles. The van der Waals surface area contributed by atoms with E-state index in [9.17, 15) is 4.39 Å². The maximum absolute atomic E-state index is 13.2. The minimum Gasteiger partial charge on any atom is -0.396 e. The van der Waals surface area contributed by atoms with Crippen molar-refractivity contribution in [2.24, 2.45) is 0 Å². The molecule has 1 rings (SSSR count). The van der Waals surface area contributed by atoms with E-state index in [1.807, 2.05) is 13.1 Å². The van der Waals surface area contributed by atoms with Crippen LogP contribution in [-0.2, 0) is 0 Å². The summed E-state index contributed by atoms with van der Waals surface area (Å²) in [6.45, 7) is 5.18. The SMILES string of the molecule is CCN(CCCO)CCC(NC)c1cccc(F)c1. The fourth-order valence-electron chi connectivity index (χ4n) is 2.24. The Bertz CT molecular complexity index is 360. The molecule has 0 aromatic heterocycles. The minimum absolute atomic E-state index is 0.166. The number of benzene rings is 1. The number of nitrogens with one attached hydrogen (secondary N) is 1. The van der Waals surface area contributed by atoms with E-state index in [-0.39, 0.29) is 18.5 Å². The average Bonchev–Trinajstić information content (AvgIpc) is 2.43. The van der Waals surface area contributed by atoms with Crippen LogP contribution in [0.2, 0.25) is 0 Å². The third-order valence-electron chi connectivity index (χ3n) is 3.41. The average molecular weight is 268 g/mol. The van der Waals surface area contributed by atoms with Crippen LogP contribution in [-0.4, -0.2) is 43.3 Å². The first-order chi connectivity index (χ1) is 9.21. The second-order valence-corrected chi connectivity index (χ2v) is 4.70. The van der Waals surface area contributed by atoms with Gasteiger partial charge in [0.1, 0.15) is 5.82 Å². The first-order valence-electron chi connectivity index (χ1n) is 6.97. The van der Waals surface area contributed by atoms with E-state index >= 15 is 0 Å². The molecule has 0 saturated heterocycles. The normalized spacial score (nSPS) is 12.9. The van der Waals surface area contributed by atoms with Gasteiger partial charge < -0.3 is 15.3 Å². The van der Waals surface area contributed by atoms with Crippen molar-refractivity contribution in [2.45, 2.75) is 25.8 Å². The van der Waals surface area contributed by atoms with Crippen LogP contribution < -0.4 is 5.32 Å². The predicted octanol–water partition coefficient (Wildman–Crippen LogP) is 2.18. The van der Waals surface area contributed by atoms with Crippen molar-refractivity contribution in [3.63, 3.8) is 0 Å². The molecule has 0 bridgehead atoms. The number of aliphatic hydroxyl groups is 1. The number of hydrogen-bond donors (Lipinski definition) is 2. The van der Waals surface area contributed by atoms with Crippen molar-refractivity contribution in [1.29, 1.82) is 0 Å². The summed E-state index contributed by atoms with van der Waals surface area (Å²) >= 11 is 0. The predicted molar refractivity (Wildman–Crippen MR) is 76.6 cm³/mol. The summed E-state index contributed by atoms with van der Waals surface area (Å²) < 4.78 is 13.2. The molecule has 2 N–H and O–H groups in total. The van der Waals surface area contributed by atoms with E-state index in [0.29, 0.717) is 0 Å². The molecule has 0 aliphatic rings. The first kappa shape index (κ1) is 16.1. The van der Waals surface area contributed by atoms with Crippen LogP contribution in [0.15, 0.2) is 24.3 Å². The summed E-state index contributed by atoms with van der Waals surface area (Å²) in [5.41, 5.74) is 0.987. The molecule has 108 valence electrons. The number of hydrogen-bond acceptors (Lipinski definition) is 3. The van der Waals surface area contributed by atoms with Gasteiger partial charge in [-0.2, -0.15) is 0 Å². The van der Waals surface area contributed by atoms with E-state index in [1.165, 1.54) is 6.07 Å². The van der Waals surface area contributed by atoms with E-state index in [2.05, 4.69) is 17.1 Å². The first-order valence-corrected chi connectivity index (χ1v) is 6.97. The second kappa shape index (κ2) is 9.02. The Morgan fingerprint density at radius 1 is 1.37 bits per heavy atom. The Balaban J connectivity index is 2.52. The molecule has 0 aliphatic carbocycles. The molecule has 0 aliphatic heterocycles. The van der Waals surface area contributed by atoms with Crippen LogP contribution in [0.3, 0.4) is 0 Å². The maximum atomic E-state index is 13.2. The van der Waals surface area contributed by atoms with E-state index in [0.717, 1.165) is 38.0 Å². The highest BCUT2D eigenvalue weighted by Crippen LogP contribution is 2.17. The number of aliphatic hydroxyl groups excluding tert-OH is 1. The minimum atomic E-state index is -0.189. The van der Waals surface area contributed by atoms with Crippen molar-refractivity contribution in [2.75, 3.05) is 33.3 Å². The lowest BCUT2D eigenvalue weighted by molar-refractivity contribution is 0.223. The highest BCUT2D eigenvalue weighted by molar-refractivity contribution is 5.20. The third kappa shape index (κ3) is 5.68.